The number of anilines is 2. The number of fused-ring (bicyclic) bond motifs is 1. The van der Waals surface area contributed by atoms with Crippen LogP contribution < -0.4 is 15.4 Å². The second-order valence-electron chi connectivity index (χ2n) is 5.04. The highest BCUT2D eigenvalue weighted by Crippen LogP contribution is 2.32. The lowest BCUT2D eigenvalue weighted by Gasteiger charge is -2.23. The fourth-order valence-electron chi connectivity index (χ4n) is 2.16. The van der Waals surface area contributed by atoms with Gasteiger partial charge in [-0.2, -0.15) is 0 Å². The van der Waals surface area contributed by atoms with E-state index in [-0.39, 0.29) is 11.5 Å². The van der Waals surface area contributed by atoms with Crippen molar-refractivity contribution in [3.63, 3.8) is 0 Å². The summed E-state index contributed by atoms with van der Waals surface area (Å²) in [7, 11) is 0. The van der Waals surface area contributed by atoms with Gasteiger partial charge in [0.2, 0.25) is 0 Å². The fraction of sp³-hybridized carbons (Fsp3) is 0.125. The van der Waals surface area contributed by atoms with Gasteiger partial charge in [-0.15, -0.1) is 0 Å². The molecule has 0 spiro atoms. The van der Waals surface area contributed by atoms with Crippen molar-refractivity contribution >= 4 is 39.1 Å². The fourth-order valence-corrected chi connectivity index (χ4v) is 2.52. The van der Waals surface area contributed by atoms with Crippen LogP contribution in [0, 0.1) is 5.82 Å². The SMILES string of the molecule is C[C@@H]1Oc2ccc(NC(=O)c3cc(Br)ccc3F)cc2NC1=O. The van der Waals surface area contributed by atoms with E-state index in [1.165, 1.54) is 18.2 Å². The highest BCUT2D eigenvalue weighted by molar-refractivity contribution is 9.10. The van der Waals surface area contributed by atoms with Crippen LogP contribution in [0.3, 0.4) is 0 Å². The highest BCUT2D eigenvalue weighted by atomic mass is 79.9. The minimum Gasteiger partial charge on any atom is -0.479 e. The molecule has 118 valence electrons. The van der Waals surface area contributed by atoms with Crippen molar-refractivity contribution < 1.29 is 18.7 Å². The van der Waals surface area contributed by atoms with Crippen LogP contribution in [0.2, 0.25) is 0 Å². The van der Waals surface area contributed by atoms with Crippen LogP contribution in [-0.4, -0.2) is 17.9 Å². The van der Waals surface area contributed by atoms with Crippen molar-refractivity contribution in [1.29, 1.82) is 0 Å². The van der Waals surface area contributed by atoms with E-state index in [1.807, 2.05) is 0 Å². The molecule has 2 aromatic carbocycles. The molecule has 0 radical (unpaired) electrons. The molecule has 0 fully saturated rings. The Kier molecular flexibility index (Phi) is 4.04. The highest BCUT2D eigenvalue weighted by Gasteiger charge is 2.23. The minimum absolute atomic E-state index is 0.0778. The molecule has 0 unspecified atom stereocenters. The lowest BCUT2D eigenvalue weighted by Crippen LogP contribution is -2.34. The number of nitrogens with one attached hydrogen (secondary N) is 2. The second kappa shape index (κ2) is 6.00. The van der Waals surface area contributed by atoms with Gasteiger partial charge < -0.3 is 15.4 Å². The molecule has 2 N–H and O–H groups in total. The van der Waals surface area contributed by atoms with Crippen molar-refractivity contribution in [3.8, 4) is 5.75 Å². The topological polar surface area (TPSA) is 67.4 Å². The predicted molar refractivity (Wildman–Crippen MR) is 87.2 cm³/mol. The summed E-state index contributed by atoms with van der Waals surface area (Å²) >= 11 is 3.20. The Morgan fingerprint density at radius 1 is 1.30 bits per heavy atom. The summed E-state index contributed by atoms with van der Waals surface area (Å²) in [4.78, 5) is 23.8. The zero-order chi connectivity index (χ0) is 16.6. The lowest BCUT2D eigenvalue weighted by atomic mass is 10.1. The van der Waals surface area contributed by atoms with Crippen molar-refractivity contribution in [1.82, 2.24) is 0 Å². The molecule has 0 aromatic heterocycles. The number of benzene rings is 2. The average Bonchev–Trinajstić information content (AvgIpc) is 2.51. The van der Waals surface area contributed by atoms with Gasteiger partial charge in [0.05, 0.1) is 11.3 Å². The molecule has 1 heterocycles. The molecule has 5 nitrogen and oxygen atoms in total. The third-order valence-corrected chi connectivity index (χ3v) is 3.83. The standard InChI is InChI=1S/C16H12BrFN2O3/c1-8-15(21)20-13-7-10(3-5-14(13)23-8)19-16(22)11-6-9(17)2-4-12(11)18/h2-8H,1H3,(H,19,22)(H,20,21)/t8-/m0/s1. The Bertz CT molecular complexity index is 810. The van der Waals surface area contributed by atoms with Crippen LogP contribution in [0.1, 0.15) is 17.3 Å². The normalized spacial score (nSPS) is 16.1. The third kappa shape index (κ3) is 3.19. The molecule has 7 heteroatoms. The van der Waals surface area contributed by atoms with Crippen molar-refractivity contribution in [2.24, 2.45) is 0 Å². The third-order valence-electron chi connectivity index (χ3n) is 3.34. The number of hydrogen-bond acceptors (Lipinski definition) is 3. The molecule has 1 aliphatic rings. The first-order chi connectivity index (χ1) is 10.9. The van der Waals surface area contributed by atoms with Gasteiger partial charge in [0, 0.05) is 10.2 Å². The first-order valence-corrected chi connectivity index (χ1v) is 7.61. The van der Waals surface area contributed by atoms with E-state index >= 15 is 0 Å². The summed E-state index contributed by atoms with van der Waals surface area (Å²) in [5.74, 6) is -0.947. The maximum atomic E-state index is 13.7. The Balaban J connectivity index is 1.84. The predicted octanol–water partition coefficient (Wildman–Crippen LogP) is 3.56. The average molecular weight is 379 g/mol. The largest absolute Gasteiger partial charge is 0.479 e. The lowest BCUT2D eigenvalue weighted by molar-refractivity contribution is -0.122. The molecule has 1 aliphatic heterocycles. The second-order valence-corrected chi connectivity index (χ2v) is 5.95. The van der Waals surface area contributed by atoms with Crippen molar-refractivity contribution in [2.75, 3.05) is 10.6 Å². The van der Waals surface area contributed by atoms with Gasteiger partial charge in [-0.05, 0) is 43.3 Å². The summed E-state index contributed by atoms with van der Waals surface area (Å²) in [6.07, 6.45) is -0.571. The van der Waals surface area contributed by atoms with Gasteiger partial charge in [0.15, 0.2) is 6.10 Å². The molecule has 0 bridgehead atoms. The zero-order valence-corrected chi connectivity index (χ0v) is 13.6. The van der Waals surface area contributed by atoms with E-state index in [2.05, 4.69) is 26.6 Å². The summed E-state index contributed by atoms with van der Waals surface area (Å²) in [6, 6.07) is 8.94. The van der Waals surface area contributed by atoms with Crippen LogP contribution in [0.4, 0.5) is 15.8 Å². The van der Waals surface area contributed by atoms with Crippen molar-refractivity contribution in [2.45, 2.75) is 13.0 Å². The van der Waals surface area contributed by atoms with Gasteiger partial charge in [-0.25, -0.2) is 4.39 Å². The first-order valence-electron chi connectivity index (χ1n) is 6.82. The number of rotatable bonds is 2. The molecule has 0 saturated heterocycles. The summed E-state index contributed by atoms with van der Waals surface area (Å²) in [5, 5.41) is 5.28. The Morgan fingerprint density at radius 3 is 2.87 bits per heavy atom. The molecule has 0 aliphatic carbocycles. The smallest absolute Gasteiger partial charge is 0.265 e. The molecule has 3 rings (SSSR count). The van der Waals surface area contributed by atoms with Gasteiger partial charge in [-0.3, -0.25) is 9.59 Å². The number of carbonyl (C=O) groups is 2. The van der Waals surface area contributed by atoms with E-state index in [0.29, 0.717) is 21.6 Å². The van der Waals surface area contributed by atoms with Crippen LogP contribution >= 0.6 is 15.9 Å². The summed E-state index contributed by atoms with van der Waals surface area (Å²) in [5.41, 5.74) is 0.804. The molecule has 1 atom stereocenters. The first kappa shape index (κ1) is 15.5. The quantitative estimate of drug-likeness (QED) is 0.839. The number of amides is 2. The van der Waals surface area contributed by atoms with E-state index < -0.39 is 17.8 Å². The molecular weight excluding hydrogens is 367 g/mol. The Hall–Kier alpha value is -2.41. The van der Waals surface area contributed by atoms with Crippen molar-refractivity contribution in [3.05, 3.63) is 52.3 Å². The maximum absolute atomic E-state index is 13.7. The number of halogens is 2. The summed E-state index contributed by atoms with van der Waals surface area (Å²) < 4.78 is 19.8. The summed E-state index contributed by atoms with van der Waals surface area (Å²) in [6.45, 7) is 1.64. The number of hydrogen-bond donors (Lipinski definition) is 2. The van der Waals surface area contributed by atoms with E-state index in [1.54, 1.807) is 25.1 Å². The monoisotopic (exact) mass is 378 g/mol. The number of carbonyl (C=O) groups excluding carboxylic acids is 2. The zero-order valence-electron chi connectivity index (χ0n) is 12.0. The van der Waals surface area contributed by atoms with Gasteiger partial charge in [0.1, 0.15) is 11.6 Å². The van der Waals surface area contributed by atoms with E-state index in [0.717, 1.165) is 0 Å². The van der Waals surface area contributed by atoms with Gasteiger partial charge in [-0.1, -0.05) is 15.9 Å². The molecule has 2 aromatic rings. The van der Waals surface area contributed by atoms with E-state index in [9.17, 15) is 14.0 Å². The molecule has 2 amide bonds. The molecule has 0 saturated carbocycles. The Morgan fingerprint density at radius 2 is 2.09 bits per heavy atom. The molecular formula is C16H12BrFN2O3. The van der Waals surface area contributed by atoms with Crippen LogP contribution in [0.15, 0.2) is 40.9 Å². The van der Waals surface area contributed by atoms with Crippen LogP contribution in [0.25, 0.3) is 0 Å². The van der Waals surface area contributed by atoms with Gasteiger partial charge in [0.25, 0.3) is 11.8 Å². The van der Waals surface area contributed by atoms with Crippen LogP contribution in [-0.2, 0) is 4.79 Å². The number of ether oxygens (including phenoxy) is 1. The molecule has 23 heavy (non-hydrogen) atoms. The maximum Gasteiger partial charge on any atom is 0.265 e. The van der Waals surface area contributed by atoms with Gasteiger partial charge >= 0.3 is 0 Å². The van der Waals surface area contributed by atoms with E-state index in [4.69, 9.17) is 4.74 Å². The minimum atomic E-state index is -0.617. The van der Waals surface area contributed by atoms with Crippen LogP contribution in [0.5, 0.6) is 5.75 Å². The Labute approximate surface area is 140 Å².